The van der Waals surface area contributed by atoms with Crippen LogP contribution in [-0.2, 0) is 6.42 Å². The van der Waals surface area contributed by atoms with Gasteiger partial charge in [-0.3, -0.25) is 0 Å². The zero-order valence-corrected chi connectivity index (χ0v) is 13.2. The number of hydrogen-bond acceptors (Lipinski definition) is 5. The average Bonchev–Trinajstić information content (AvgIpc) is 2.53. The molecule has 0 amide bonds. The zero-order chi connectivity index (χ0) is 15.6. The topological polar surface area (TPSA) is 73.1 Å². The Morgan fingerprint density at radius 3 is 2.74 bits per heavy atom. The van der Waals surface area contributed by atoms with Crippen molar-refractivity contribution in [3.8, 4) is 5.88 Å². The number of rotatable bonds is 4. The average molecular weight is 310 g/mol. The van der Waals surface area contributed by atoms with Crippen LogP contribution in [-0.4, -0.2) is 29.2 Å². The first kappa shape index (κ1) is 14.5. The lowest BCUT2D eigenvalue weighted by molar-refractivity contribution is 0.209. The molecule has 1 aromatic heterocycles. The van der Waals surface area contributed by atoms with Gasteiger partial charge in [0.1, 0.15) is 6.61 Å². The van der Waals surface area contributed by atoms with E-state index in [2.05, 4.69) is 39.6 Å². The van der Waals surface area contributed by atoms with Crippen LogP contribution in [0.1, 0.15) is 42.0 Å². The molecule has 120 valence electrons. The quantitative estimate of drug-likeness (QED) is 0.906. The van der Waals surface area contributed by atoms with E-state index in [1.54, 1.807) is 0 Å². The summed E-state index contributed by atoms with van der Waals surface area (Å²) >= 11 is 0. The maximum Gasteiger partial charge on any atom is 0.223 e. The minimum absolute atomic E-state index is 0.287. The van der Waals surface area contributed by atoms with Gasteiger partial charge in [-0.05, 0) is 37.8 Å². The van der Waals surface area contributed by atoms with Crippen molar-refractivity contribution in [2.24, 2.45) is 0 Å². The molecule has 2 atom stereocenters. The van der Waals surface area contributed by atoms with Crippen LogP contribution in [0.15, 0.2) is 30.3 Å². The first-order valence-corrected chi connectivity index (χ1v) is 8.38. The van der Waals surface area contributed by atoms with Crippen molar-refractivity contribution >= 4 is 5.95 Å². The number of nitrogens with one attached hydrogen (secondary N) is 1. The summed E-state index contributed by atoms with van der Waals surface area (Å²) in [7, 11) is 0. The summed E-state index contributed by atoms with van der Waals surface area (Å²) in [5.74, 6) is 1.28. The maximum atomic E-state index is 5.98. The van der Waals surface area contributed by atoms with Crippen LogP contribution in [0, 0.1) is 0 Å². The van der Waals surface area contributed by atoms with Gasteiger partial charge < -0.3 is 15.8 Å². The molecule has 0 radical (unpaired) electrons. The number of nitrogens with zero attached hydrogens (tertiary/aromatic N) is 2. The van der Waals surface area contributed by atoms with Crippen LogP contribution < -0.4 is 15.8 Å². The molecule has 0 bridgehead atoms. The lowest BCUT2D eigenvalue weighted by Gasteiger charge is -2.29. The summed E-state index contributed by atoms with van der Waals surface area (Å²) in [6, 6.07) is 11.0. The van der Waals surface area contributed by atoms with Crippen molar-refractivity contribution < 1.29 is 4.74 Å². The Morgan fingerprint density at radius 1 is 1.17 bits per heavy atom. The van der Waals surface area contributed by atoms with Gasteiger partial charge >= 0.3 is 0 Å². The Bertz CT molecular complexity index is 685. The summed E-state index contributed by atoms with van der Waals surface area (Å²) in [4.78, 5) is 8.93. The Kier molecular flexibility index (Phi) is 3.87. The standard InChI is InChI=1S/C18H22N4O/c19-18-21-16-14(12-5-2-1-3-6-12)7-4-8-15(16)17(22-18)23-11-13-9-10-20-13/h1-3,5-6,13-14,20H,4,7-11H2,(H2,19,21,22)/t13-,14?/m0/s1. The third kappa shape index (κ3) is 2.88. The number of fused-ring (bicyclic) bond motifs is 1. The zero-order valence-electron chi connectivity index (χ0n) is 13.2. The van der Waals surface area contributed by atoms with Gasteiger partial charge in [-0.15, -0.1) is 0 Å². The van der Waals surface area contributed by atoms with E-state index in [-0.39, 0.29) is 5.92 Å². The molecule has 1 saturated heterocycles. The number of benzene rings is 1. The van der Waals surface area contributed by atoms with Gasteiger partial charge in [-0.1, -0.05) is 30.3 Å². The van der Waals surface area contributed by atoms with Crippen molar-refractivity contribution in [3.05, 3.63) is 47.2 Å². The Hall–Kier alpha value is -2.14. The lowest BCUT2D eigenvalue weighted by atomic mass is 9.82. The third-order valence-corrected chi connectivity index (χ3v) is 4.82. The molecule has 2 heterocycles. The second-order valence-corrected chi connectivity index (χ2v) is 6.36. The fourth-order valence-electron chi connectivity index (χ4n) is 3.44. The molecule has 1 aliphatic carbocycles. The molecule has 1 aromatic carbocycles. The third-order valence-electron chi connectivity index (χ3n) is 4.82. The summed E-state index contributed by atoms with van der Waals surface area (Å²) in [5, 5.41) is 3.35. The van der Waals surface area contributed by atoms with Crippen molar-refractivity contribution in [2.75, 3.05) is 18.9 Å². The molecule has 2 aliphatic rings. The van der Waals surface area contributed by atoms with Gasteiger partial charge in [0, 0.05) is 17.5 Å². The molecule has 1 fully saturated rings. The predicted octanol–water partition coefficient (Wildman–Crippen LogP) is 2.27. The highest BCUT2D eigenvalue weighted by molar-refractivity contribution is 5.43. The number of ether oxygens (including phenoxy) is 1. The van der Waals surface area contributed by atoms with E-state index in [9.17, 15) is 0 Å². The van der Waals surface area contributed by atoms with Gasteiger partial charge in [0.15, 0.2) is 0 Å². The normalized spacial score (nSPS) is 23.0. The summed E-state index contributed by atoms with van der Waals surface area (Å²) < 4.78 is 5.98. The number of nitrogen functional groups attached to an aromatic ring is 1. The number of hydrogen-bond donors (Lipinski definition) is 2. The molecule has 5 nitrogen and oxygen atoms in total. The largest absolute Gasteiger partial charge is 0.476 e. The van der Waals surface area contributed by atoms with E-state index < -0.39 is 0 Å². The lowest BCUT2D eigenvalue weighted by Crippen LogP contribution is -2.46. The molecule has 5 heteroatoms. The molecule has 3 N–H and O–H groups in total. The van der Waals surface area contributed by atoms with E-state index in [0.717, 1.165) is 43.5 Å². The maximum absolute atomic E-state index is 5.98. The van der Waals surface area contributed by atoms with Crippen LogP contribution in [0.25, 0.3) is 0 Å². The molecule has 23 heavy (non-hydrogen) atoms. The number of aromatic nitrogens is 2. The molecule has 2 aromatic rings. The Labute approximate surface area is 136 Å². The van der Waals surface area contributed by atoms with Crippen molar-refractivity contribution in [2.45, 2.75) is 37.6 Å². The van der Waals surface area contributed by atoms with Gasteiger partial charge in [0.2, 0.25) is 11.8 Å². The second-order valence-electron chi connectivity index (χ2n) is 6.36. The SMILES string of the molecule is Nc1nc(OC[C@@H]2CCN2)c2c(n1)C(c1ccccc1)CCC2. The first-order chi connectivity index (χ1) is 11.3. The van der Waals surface area contributed by atoms with Crippen LogP contribution in [0.5, 0.6) is 5.88 Å². The fourth-order valence-corrected chi connectivity index (χ4v) is 3.44. The van der Waals surface area contributed by atoms with E-state index in [0.29, 0.717) is 24.5 Å². The first-order valence-electron chi connectivity index (χ1n) is 8.38. The van der Waals surface area contributed by atoms with Gasteiger partial charge in [0.25, 0.3) is 0 Å². The molecule has 0 spiro atoms. The Balaban J connectivity index is 1.66. The minimum Gasteiger partial charge on any atom is -0.476 e. The minimum atomic E-state index is 0.287. The molecular formula is C18H22N4O. The van der Waals surface area contributed by atoms with E-state index in [1.165, 1.54) is 5.56 Å². The smallest absolute Gasteiger partial charge is 0.223 e. The number of nitrogens with two attached hydrogens (primary N) is 1. The van der Waals surface area contributed by atoms with Crippen molar-refractivity contribution in [1.82, 2.24) is 15.3 Å². The molecule has 0 saturated carbocycles. The molecule has 1 aliphatic heterocycles. The summed E-state index contributed by atoms with van der Waals surface area (Å²) in [6.07, 6.45) is 4.34. The number of anilines is 1. The highest BCUT2D eigenvalue weighted by Gasteiger charge is 2.28. The highest BCUT2D eigenvalue weighted by Crippen LogP contribution is 2.38. The second kappa shape index (κ2) is 6.16. The monoisotopic (exact) mass is 310 g/mol. The van der Waals surface area contributed by atoms with Gasteiger partial charge in [-0.25, -0.2) is 4.98 Å². The van der Waals surface area contributed by atoms with E-state index in [4.69, 9.17) is 10.5 Å². The molecular weight excluding hydrogens is 288 g/mol. The van der Waals surface area contributed by atoms with Crippen LogP contribution in [0.4, 0.5) is 5.95 Å². The molecule has 4 rings (SSSR count). The van der Waals surface area contributed by atoms with Crippen molar-refractivity contribution in [1.29, 1.82) is 0 Å². The summed E-state index contributed by atoms with van der Waals surface area (Å²) in [6.45, 7) is 1.73. The van der Waals surface area contributed by atoms with Gasteiger partial charge in [0.05, 0.1) is 5.69 Å². The van der Waals surface area contributed by atoms with Crippen molar-refractivity contribution in [3.63, 3.8) is 0 Å². The Morgan fingerprint density at radius 2 is 2.00 bits per heavy atom. The highest BCUT2D eigenvalue weighted by atomic mass is 16.5. The van der Waals surface area contributed by atoms with Crippen LogP contribution in [0.2, 0.25) is 0 Å². The van der Waals surface area contributed by atoms with Gasteiger partial charge in [-0.2, -0.15) is 4.98 Å². The van der Waals surface area contributed by atoms with E-state index >= 15 is 0 Å². The molecule has 1 unspecified atom stereocenters. The predicted molar refractivity (Wildman–Crippen MR) is 89.6 cm³/mol. The fraction of sp³-hybridized carbons (Fsp3) is 0.444. The summed E-state index contributed by atoms with van der Waals surface area (Å²) in [5.41, 5.74) is 9.43. The van der Waals surface area contributed by atoms with Crippen LogP contribution in [0.3, 0.4) is 0 Å². The van der Waals surface area contributed by atoms with Crippen LogP contribution >= 0.6 is 0 Å². The van der Waals surface area contributed by atoms with E-state index in [1.807, 2.05) is 6.07 Å².